The van der Waals surface area contributed by atoms with Crippen molar-refractivity contribution < 1.29 is 14.1 Å². The van der Waals surface area contributed by atoms with Gasteiger partial charge in [0.05, 0.1) is 13.3 Å². The summed E-state index contributed by atoms with van der Waals surface area (Å²) in [6.07, 6.45) is 2.88. The Kier molecular flexibility index (Phi) is 3.07. The van der Waals surface area contributed by atoms with Crippen LogP contribution in [-0.4, -0.2) is 28.9 Å². The molecule has 6 heteroatoms. The SMILES string of the molecule is COC(=O)c1cnc([S+](C)[O-])s1. The largest absolute Gasteiger partial charge is 0.610 e. The zero-order chi connectivity index (χ0) is 9.14. The van der Waals surface area contributed by atoms with E-state index in [-0.39, 0.29) is 0 Å². The third kappa shape index (κ3) is 1.96. The van der Waals surface area contributed by atoms with E-state index in [0.29, 0.717) is 9.22 Å². The normalized spacial score (nSPS) is 12.6. The van der Waals surface area contributed by atoms with Crippen molar-refractivity contribution in [2.24, 2.45) is 0 Å². The summed E-state index contributed by atoms with van der Waals surface area (Å²) in [5, 5.41) is 0. The van der Waals surface area contributed by atoms with E-state index in [1.807, 2.05) is 0 Å². The zero-order valence-electron chi connectivity index (χ0n) is 6.57. The quantitative estimate of drug-likeness (QED) is 0.526. The lowest BCUT2D eigenvalue weighted by Gasteiger charge is -1.95. The average Bonchev–Trinajstić information content (AvgIpc) is 2.51. The number of hydrogen-bond donors (Lipinski definition) is 0. The van der Waals surface area contributed by atoms with Crippen molar-refractivity contribution in [3.8, 4) is 0 Å². The van der Waals surface area contributed by atoms with Crippen LogP contribution in [0.25, 0.3) is 0 Å². The number of methoxy groups -OCH3 is 1. The molecular weight excluding hydrogens is 198 g/mol. The Morgan fingerprint density at radius 1 is 1.83 bits per heavy atom. The first-order valence-electron chi connectivity index (χ1n) is 3.02. The number of carbonyl (C=O) groups is 1. The molecule has 4 nitrogen and oxygen atoms in total. The lowest BCUT2D eigenvalue weighted by atomic mass is 10.6. The Morgan fingerprint density at radius 3 is 2.92 bits per heavy atom. The monoisotopic (exact) mass is 205 g/mol. The molecule has 12 heavy (non-hydrogen) atoms. The molecule has 0 aliphatic heterocycles. The van der Waals surface area contributed by atoms with E-state index in [0.717, 1.165) is 11.3 Å². The molecule has 1 aromatic rings. The molecule has 0 radical (unpaired) electrons. The molecule has 0 bridgehead atoms. The predicted molar refractivity (Wildman–Crippen MR) is 45.8 cm³/mol. The van der Waals surface area contributed by atoms with E-state index in [2.05, 4.69) is 9.72 Å². The summed E-state index contributed by atoms with van der Waals surface area (Å²) in [5.41, 5.74) is 0. The lowest BCUT2D eigenvalue weighted by molar-refractivity contribution is 0.0606. The standard InChI is InChI=1S/C6H7NO3S2/c1-10-5(8)4-3-7-6(11-4)12(2)9/h3H,1-2H3. The van der Waals surface area contributed by atoms with E-state index in [1.54, 1.807) is 0 Å². The van der Waals surface area contributed by atoms with Crippen LogP contribution in [0.4, 0.5) is 0 Å². The van der Waals surface area contributed by atoms with Crippen LogP contribution in [0.1, 0.15) is 9.67 Å². The number of carbonyl (C=O) groups excluding carboxylic acids is 1. The van der Waals surface area contributed by atoms with Crippen LogP contribution >= 0.6 is 11.3 Å². The van der Waals surface area contributed by atoms with Gasteiger partial charge in [-0.15, -0.1) is 0 Å². The third-order valence-corrected chi connectivity index (χ3v) is 3.44. The number of rotatable bonds is 2. The second kappa shape index (κ2) is 3.88. The first kappa shape index (κ1) is 9.50. The van der Waals surface area contributed by atoms with Crippen molar-refractivity contribution in [1.29, 1.82) is 0 Å². The fourth-order valence-electron chi connectivity index (χ4n) is 0.586. The summed E-state index contributed by atoms with van der Waals surface area (Å²) < 4.78 is 15.8. The van der Waals surface area contributed by atoms with Gasteiger partial charge in [0, 0.05) is 11.2 Å². The smallest absolute Gasteiger partial charge is 0.349 e. The first-order chi connectivity index (χ1) is 5.65. The molecule has 1 atom stereocenters. The molecule has 0 aliphatic rings. The maximum absolute atomic E-state index is 10.9. The highest BCUT2D eigenvalue weighted by atomic mass is 32.2. The number of esters is 1. The van der Waals surface area contributed by atoms with E-state index < -0.39 is 17.1 Å². The number of thiazole rings is 1. The number of aromatic nitrogens is 1. The molecule has 1 unspecified atom stereocenters. The molecule has 1 aromatic heterocycles. The molecule has 0 aromatic carbocycles. The van der Waals surface area contributed by atoms with Gasteiger partial charge >= 0.3 is 10.3 Å². The topological polar surface area (TPSA) is 62.2 Å². The Bertz CT molecular complexity index is 284. The highest BCUT2D eigenvalue weighted by molar-refractivity contribution is 7.92. The summed E-state index contributed by atoms with van der Waals surface area (Å²) in [5.74, 6) is -0.441. The van der Waals surface area contributed by atoms with Crippen molar-refractivity contribution >= 4 is 28.5 Å². The van der Waals surface area contributed by atoms with E-state index in [1.165, 1.54) is 19.6 Å². The van der Waals surface area contributed by atoms with Crippen LogP contribution in [0.15, 0.2) is 10.5 Å². The second-order valence-electron chi connectivity index (χ2n) is 1.94. The summed E-state index contributed by atoms with van der Waals surface area (Å²) >= 11 is -0.0392. The van der Waals surface area contributed by atoms with Gasteiger partial charge in [0.15, 0.2) is 0 Å². The van der Waals surface area contributed by atoms with Gasteiger partial charge in [0.2, 0.25) is 0 Å². The number of nitrogens with zero attached hydrogens (tertiary/aromatic N) is 1. The van der Waals surface area contributed by atoms with Gasteiger partial charge in [-0.2, -0.15) is 4.98 Å². The van der Waals surface area contributed by atoms with Crippen LogP contribution in [0, 0.1) is 0 Å². The molecule has 1 rings (SSSR count). The van der Waals surface area contributed by atoms with Gasteiger partial charge in [0.25, 0.3) is 0 Å². The molecule has 66 valence electrons. The van der Waals surface area contributed by atoms with Crippen LogP contribution in [-0.2, 0) is 15.9 Å². The summed E-state index contributed by atoms with van der Waals surface area (Å²) in [6.45, 7) is 0. The number of hydrogen-bond acceptors (Lipinski definition) is 5. The lowest BCUT2D eigenvalue weighted by Crippen LogP contribution is -1.97. The van der Waals surface area contributed by atoms with Gasteiger partial charge in [-0.3, -0.25) is 0 Å². The molecule has 0 N–H and O–H groups in total. The zero-order valence-corrected chi connectivity index (χ0v) is 8.20. The fraction of sp³-hybridized carbons (Fsp3) is 0.333. The van der Waals surface area contributed by atoms with Gasteiger partial charge in [-0.25, -0.2) is 4.79 Å². The maximum atomic E-state index is 10.9. The minimum atomic E-state index is -1.13. The van der Waals surface area contributed by atoms with Crippen LogP contribution in [0.5, 0.6) is 0 Å². The maximum Gasteiger partial charge on any atom is 0.349 e. The highest BCUT2D eigenvalue weighted by Gasteiger charge is 2.15. The van der Waals surface area contributed by atoms with Gasteiger partial charge in [0.1, 0.15) is 11.1 Å². The highest BCUT2D eigenvalue weighted by Crippen LogP contribution is 2.18. The molecule has 0 spiro atoms. The van der Waals surface area contributed by atoms with Crippen molar-refractivity contribution in [2.75, 3.05) is 13.4 Å². The second-order valence-corrected chi connectivity index (χ2v) is 4.52. The summed E-state index contributed by atoms with van der Waals surface area (Å²) in [6, 6.07) is 0. The van der Waals surface area contributed by atoms with Crippen LogP contribution in [0.2, 0.25) is 0 Å². The van der Waals surface area contributed by atoms with Crippen molar-refractivity contribution in [1.82, 2.24) is 4.98 Å². The third-order valence-electron chi connectivity index (χ3n) is 1.12. The van der Waals surface area contributed by atoms with Gasteiger partial charge < -0.3 is 9.29 Å². The Morgan fingerprint density at radius 2 is 2.50 bits per heavy atom. The van der Waals surface area contributed by atoms with Gasteiger partial charge in [-0.05, 0) is 0 Å². The molecule has 0 aliphatic carbocycles. The van der Waals surface area contributed by atoms with E-state index in [4.69, 9.17) is 0 Å². The molecule has 1 heterocycles. The average molecular weight is 205 g/mol. The Labute approximate surface area is 76.8 Å². The molecule has 0 saturated carbocycles. The van der Waals surface area contributed by atoms with Gasteiger partial charge in [-0.1, -0.05) is 11.3 Å². The number of ether oxygens (including phenoxy) is 1. The van der Waals surface area contributed by atoms with Crippen LogP contribution < -0.4 is 0 Å². The summed E-state index contributed by atoms with van der Waals surface area (Å²) in [7, 11) is 1.30. The predicted octanol–water partition coefficient (Wildman–Crippen LogP) is 0.667. The first-order valence-corrected chi connectivity index (χ1v) is 5.40. The molecule has 0 fully saturated rings. The minimum absolute atomic E-state index is 0.378. The Hall–Kier alpha value is -0.590. The van der Waals surface area contributed by atoms with Crippen molar-refractivity contribution in [3.63, 3.8) is 0 Å². The molecular formula is C6H7NO3S2. The van der Waals surface area contributed by atoms with E-state index in [9.17, 15) is 9.35 Å². The molecule has 0 saturated heterocycles. The minimum Gasteiger partial charge on any atom is -0.610 e. The van der Waals surface area contributed by atoms with Crippen LogP contribution in [0.3, 0.4) is 0 Å². The fourth-order valence-corrected chi connectivity index (χ4v) is 2.09. The van der Waals surface area contributed by atoms with E-state index >= 15 is 0 Å². The molecule has 0 amide bonds. The Balaban J connectivity index is 2.84. The van der Waals surface area contributed by atoms with Crippen molar-refractivity contribution in [3.05, 3.63) is 11.1 Å². The van der Waals surface area contributed by atoms with Crippen molar-refractivity contribution in [2.45, 2.75) is 4.34 Å². The summed E-state index contributed by atoms with van der Waals surface area (Å²) in [4.78, 5) is 15.1.